The van der Waals surface area contributed by atoms with Gasteiger partial charge in [0.1, 0.15) is 0 Å². The van der Waals surface area contributed by atoms with Crippen molar-refractivity contribution in [1.82, 2.24) is 10.4 Å². The number of carbonyl (C=O) groups is 1. The zero-order valence-electron chi connectivity index (χ0n) is 7.08. The number of hydroxylamine groups is 2. The first-order valence-corrected chi connectivity index (χ1v) is 4.55. The predicted octanol–water partition coefficient (Wildman–Crippen LogP) is -0.0977. The smallest absolute Gasteiger partial charge is 0.263 e. The fourth-order valence-electron chi connectivity index (χ4n) is 1.69. The summed E-state index contributed by atoms with van der Waals surface area (Å²) in [6.07, 6.45) is 3.03. The lowest BCUT2D eigenvalue weighted by Crippen LogP contribution is -2.41. The van der Waals surface area contributed by atoms with Crippen molar-refractivity contribution in [2.24, 2.45) is 0 Å². The first-order chi connectivity index (χ1) is 5.88. The van der Waals surface area contributed by atoms with Gasteiger partial charge in [0.2, 0.25) is 0 Å². The van der Waals surface area contributed by atoms with Crippen molar-refractivity contribution >= 4 is 5.91 Å². The van der Waals surface area contributed by atoms with Gasteiger partial charge < -0.3 is 5.32 Å². The maximum atomic E-state index is 11.6. The van der Waals surface area contributed by atoms with Gasteiger partial charge in [-0.2, -0.15) is 0 Å². The third kappa shape index (κ3) is 1.44. The molecule has 2 aliphatic heterocycles. The molecule has 1 atom stereocenters. The fraction of sp³-hybridized carbons (Fsp3) is 0.875. The molecule has 0 saturated carbocycles. The van der Waals surface area contributed by atoms with Crippen molar-refractivity contribution < 1.29 is 9.63 Å². The van der Waals surface area contributed by atoms with E-state index in [2.05, 4.69) is 5.32 Å². The standard InChI is InChI=1S/C8H14N2O2/c11-8(7-3-1-4-9-7)10-5-2-6-12-10/h7,9H,1-6H2. The fourth-order valence-corrected chi connectivity index (χ4v) is 1.69. The van der Waals surface area contributed by atoms with E-state index >= 15 is 0 Å². The molecular formula is C8H14N2O2. The van der Waals surface area contributed by atoms with Crippen molar-refractivity contribution in [3.8, 4) is 0 Å². The highest BCUT2D eigenvalue weighted by Crippen LogP contribution is 2.12. The second kappa shape index (κ2) is 3.41. The largest absolute Gasteiger partial charge is 0.306 e. The molecule has 0 aromatic rings. The lowest BCUT2D eigenvalue weighted by Gasteiger charge is -2.17. The first kappa shape index (κ1) is 8.01. The second-order valence-electron chi connectivity index (χ2n) is 3.28. The Morgan fingerprint density at radius 1 is 1.50 bits per heavy atom. The van der Waals surface area contributed by atoms with Gasteiger partial charge >= 0.3 is 0 Å². The lowest BCUT2D eigenvalue weighted by atomic mass is 10.2. The molecule has 68 valence electrons. The summed E-state index contributed by atoms with van der Waals surface area (Å²) in [4.78, 5) is 16.8. The van der Waals surface area contributed by atoms with Gasteiger partial charge in [-0.3, -0.25) is 9.63 Å². The van der Waals surface area contributed by atoms with E-state index in [-0.39, 0.29) is 11.9 Å². The van der Waals surface area contributed by atoms with Crippen LogP contribution in [0.25, 0.3) is 0 Å². The average molecular weight is 170 g/mol. The number of carbonyl (C=O) groups excluding carboxylic acids is 1. The summed E-state index contributed by atoms with van der Waals surface area (Å²) in [5, 5.41) is 4.66. The summed E-state index contributed by atoms with van der Waals surface area (Å²) in [5.41, 5.74) is 0. The molecule has 1 N–H and O–H groups in total. The molecule has 1 amide bonds. The Kier molecular flexibility index (Phi) is 2.28. The average Bonchev–Trinajstić information content (AvgIpc) is 2.77. The molecule has 2 fully saturated rings. The van der Waals surface area contributed by atoms with E-state index in [4.69, 9.17) is 4.84 Å². The molecule has 2 heterocycles. The Bertz CT molecular complexity index is 154. The van der Waals surface area contributed by atoms with Gasteiger partial charge in [-0.25, -0.2) is 5.06 Å². The van der Waals surface area contributed by atoms with Crippen LogP contribution in [0.5, 0.6) is 0 Å². The van der Waals surface area contributed by atoms with Crippen LogP contribution >= 0.6 is 0 Å². The molecule has 2 rings (SSSR count). The van der Waals surface area contributed by atoms with Crippen LogP contribution < -0.4 is 5.32 Å². The summed E-state index contributed by atoms with van der Waals surface area (Å²) in [6, 6.07) is 0.0168. The van der Waals surface area contributed by atoms with Crippen LogP contribution in [0.1, 0.15) is 19.3 Å². The molecule has 0 aliphatic carbocycles. The molecule has 0 spiro atoms. The Morgan fingerprint density at radius 3 is 3.00 bits per heavy atom. The van der Waals surface area contributed by atoms with E-state index in [1.165, 1.54) is 5.06 Å². The lowest BCUT2D eigenvalue weighted by molar-refractivity contribution is -0.170. The summed E-state index contributed by atoms with van der Waals surface area (Å²) >= 11 is 0. The minimum atomic E-state index is 0.0168. The van der Waals surface area contributed by atoms with Crippen LogP contribution in [0.2, 0.25) is 0 Å². The van der Waals surface area contributed by atoms with E-state index in [1.54, 1.807) is 0 Å². The predicted molar refractivity (Wildman–Crippen MR) is 43.3 cm³/mol. The van der Waals surface area contributed by atoms with Gasteiger partial charge in [0.05, 0.1) is 19.2 Å². The molecular weight excluding hydrogens is 156 g/mol. The van der Waals surface area contributed by atoms with E-state index < -0.39 is 0 Å². The van der Waals surface area contributed by atoms with Gasteiger partial charge in [0, 0.05) is 0 Å². The van der Waals surface area contributed by atoms with Crippen molar-refractivity contribution in [1.29, 1.82) is 0 Å². The Hall–Kier alpha value is -0.610. The van der Waals surface area contributed by atoms with E-state index in [0.717, 1.165) is 32.4 Å². The Morgan fingerprint density at radius 2 is 2.42 bits per heavy atom. The summed E-state index contributed by atoms with van der Waals surface area (Å²) < 4.78 is 0. The molecule has 0 aromatic heterocycles. The highest BCUT2D eigenvalue weighted by atomic mass is 16.7. The van der Waals surface area contributed by atoms with Gasteiger partial charge in [0.25, 0.3) is 5.91 Å². The maximum absolute atomic E-state index is 11.6. The van der Waals surface area contributed by atoms with E-state index in [1.807, 2.05) is 0 Å². The van der Waals surface area contributed by atoms with Crippen LogP contribution in [0, 0.1) is 0 Å². The third-order valence-corrected chi connectivity index (χ3v) is 2.36. The normalized spacial score (nSPS) is 29.7. The quantitative estimate of drug-likeness (QED) is 0.597. The maximum Gasteiger partial charge on any atom is 0.263 e. The molecule has 2 aliphatic rings. The molecule has 0 bridgehead atoms. The van der Waals surface area contributed by atoms with Crippen LogP contribution in [0.4, 0.5) is 0 Å². The minimum Gasteiger partial charge on any atom is -0.306 e. The molecule has 4 nitrogen and oxygen atoms in total. The topological polar surface area (TPSA) is 41.6 Å². The molecule has 1 unspecified atom stereocenters. The highest BCUT2D eigenvalue weighted by Gasteiger charge is 2.29. The third-order valence-electron chi connectivity index (χ3n) is 2.36. The Balaban J connectivity index is 1.89. The number of rotatable bonds is 1. The number of nitrogens with one attached hydrogen (secondary N) is 1. The van der Waals surface area contributed by atoms with Crippen LogP contribution in [0.15, 0.2) is 0 Å². The van der Waals surface area contributed by atoms with Crippen molar-refractivity contribution in [3.05, 3.63) is 0 Å². The van der Waals surface area contributed by atoms with Crippen molar-refractivity contribution in [2.45, 2.75) is 25.3 Å². The zero-order valence-corrected chi connectivity index (χ0v) is 7.08. The van der Waals surface area contributed by atoms with Crippen molar-refractivity contribution in [3.63, 3.8) is 0 Å². The number of hydrogen-bond acceptors (Lipinski definition) is 3. The second-order valence-corrected chi connectivity index (χ2v) is 3.28. The number of amides is 1. The summed E-state index contributed by atoms with van der Waals surface area (Å²) in [5.74, 6) is 0.116. The summed E-state index contributed by atoms with van der Waals surface area (Å²) in [6.45, 7) is 2.42. The van der Waals surface area contributed by atoms with Gasteiger partial charge in [0.15, 0.2) is 0 Å². The van der Waals surface area contributed by atoms with Gasteiger partial charge in [-0.1, -0.05) is 0 Å². The van der Waals surface area contributed by atoms with Gasteiger partial charge in [-0.05, 0) is 25.8 Å². The number of hydrogen-bond donors (Lipinski definition) is 1. The SMILES string of the molecule is O=C(C1CCCN1)N1CCCO1. The van der Waals surface area contributed by atoms with E-state index in [0.29, 0.717) is 6.61 Å². The highest BCUT2D eigenvalue weighted by molar-refractivity contribution is 5.81. The molecule has 0 aromatic carbocycles. The zero-order chi connectivity index (χ0) is 8.39. The van der Waals surface area contributed by atoms with Crippen LogP contribution in [-0.2, 0) is 9.63 Å². The molecule has 2 saturated heterocycles. The van der Waals surface area contributed by atoms with Gasteiger partial charge in [-0.15, -0.1) is 0 Å². The van der Waals surface area contributed by atoms with E-state index in [9.17, 15) is 4.79 Å². The van der Waals surface area contributed by atoms with Crippen LogP contribution in [0.3, 0.4) is 0 Å². The minimum absolute atomic E-state index is 0.0168. The van der Waals surface area contributed by atoms with Crippen LogP contribution in [-0.4, -0.2) is 36.7 Å². The number of nitrogens with zero attached hydrogens (tertiary/aromatic N) is 1. The molecule has 0 radical (unpaired) electrons. The molecule has 4 heteroatoms. The Labute approximate surface area is 71.8 Å². The first-order valence-electron chi connectivity index (χ1n) is 4.55. The van der Waals surface area contributed by atoms with Crippen molar-refractivity contribution in [2.75, 3.05) is 19.7 Å². The molecule has 12 heavy (non-hydrogen) atoms. The monoisotopic (exact) mass is 170 g/mol. The summed E-state index contributed by atoms with van der Waals surface area (Å²) in [7, 11) is 0.